The van der Waals surface area contributed by atoms with Crippen molar-refractivity contribution in [1.82, 2.24) is 14.5 Å². The van der Waals surface area contributed by atoms with Crippen molar-refractivity contribution in [3.8, 4) is 0 Å². The van der Waals surface area contributed by atoms with Gasteiger partial charge in [-0.3, -0.25) is 19.1 Å². The Hall–Kier alpha value is -3.03. The molecular formula is C23H22ClFN4O2. The van der Waals surface area contributed by atoms with Gasteiger partial charge in [-0.15, -0.1) is 0 Å². The molecule has 2 heterocycles. The van der Waals surface area contributed by atoms with Gasteiger partial charge in [0.05, 0.1) is 22.0 Å². The van der Waals surface area contributed by atoms with Gasteiger partial charge < -0.3 is 5.32 Å². The number of hydrogen-bond acceptors (Lipinski definition) is 4. The molecule has 0 saturated heterocycles. The highest BCUT2D eigenvalue weighted by atomic mass is 35.5. The summed E-state index contributed by atoms with van der Waals surface area (Å²) in [5.41, 5.74) is 2.69. The lowest BCUT2D eigenvalue weighted by Gasteiger charge is -2.28. The summed E-state index contributed by atoms with van der Waals surface area (Å²) in [5, 5.41) is 2.72. The van der Waals surface area contributed by atoms with Crippen LogP contribution in [0.4, 0.5) is 10.1 Å². The van der Waals surface area contributed by atoms with Gasteiger partial charge in [-0.1, -0.05) is 41.9 Å². The Balaban J connectivity index is 1.52. The Bertz CT molecular complexity index is 1180. The quantitative estimate of drug-likeness (QED) is 0.659. The highest BCUT2D eigenvalue weighted by Gasteiger charge is 2.23. The average Bonchev–Trinajstić information content (AvgIpc) is 2.74. The van der Waals surface area contributed by atoms with Crippen molar-refractivity contribution in [3.05, 3.63) is 92.4 Å². The highest BCUT2D eigenvalue weighted by molar-refractivity contribution is 6.33. The summed E-state index contributed by atoms with van der Waals surface area (Å²) in [5.74, 6) is -0.438. The molecule has 1 aliphatic rings. The summed E-state index contributed by atoms with van der Waals surface area (Å²) in [7, 11) is 0. The number of nitrogens with one attached hydrogen (secondary N) is 1. The summed E-state index contributed by atoms with van der Waals surface area (Å²) >= 11 is 5.98. The van der Waals surface area contributed by atoms with Gasteiger partial charge in [-0.25, -0.2) is 9.37 Å². The molecule has 0 radical (unpaired) electrons. The Morgan fingerprint density at radius 2 is 2.00 bits per heavy atom. The molecule has 0 fully saturated rings. The molecule has 1 aliphatic heterocycles. The maximum atomic E-state index is 13.2. The standard InChI is InChI=1S/C23H22ClFN4O2/c1-15-26-20-9-10-28(12-16-5-3-2-4-6-16)13-18(20)23(31)29(15)14-22(30)27-21-8-7-17(25)11-19(21)24/h2-8,11H,9-10,12-14H2,1H3,(H,27,30). The molecule has 0 atom stereocenters. The van der Waals surface area contributed by atoms with Crippen LogP contribution in [0.3, 0.4) is 0 Å². The van der Waals surface area contributed by atoms with E-state index in [4.69, 9.17) is 11.6 Å². The SMILES string of the molecule is Cc1nc2c(c(=O)n1CC(=O)Nc1ccc(F)cc1Cl)CN(Cc1ccccc1)CC2. The number of nitrogens with zero attached hydrogens (tertiary/aromatic N) is 3. The third-order valence-electron chi connectivity index (χ3n) is 5.34. The zero-order valence-electron chi connectivity index (χ0n) is 17.1. The Morgan fingerprint density at radius 3 is 2.74 bits per heavy atom. The minimum atomic E-state index is -0.492. The fourth-order valence-electron chi connectivity index (χ4n) is 3.78. The van der Waals surface area contributed by atoms with Crippen LogP contribution in [0.5, 0.6) is 0 Å². The van der Waals surface area contributed by atoms with Crippen LogP contribution in [0, 0.1) is 12.7 Å². The lowest BCUT2D eigenvalue weighted by molar-refractivity contribution is -0.116. The maximum absolute atomic E-state index is 13.2. The molecule has 8 heteroatoms. The molecule has 0 unspecified atom stereocenters. The smallest absolute Gasteiger partial charge is 0.258 e. The summed E-state index contributed by atoms with van der Waals surface area (Å²) in [6.07, 6.45) is 0.691. The Labute approximate surface area is 184 Å². The summed E-state index contributed by atoms with van der Waals surface area (Å²) in [6.45, 7) is 3.58. The number of carbonyl (C=O) groups is 1. The number of rotatable bonds is 5. The Morgan fingerprint density at radius 1 is 1.23 bits per heavy atom. The molecule has 31 heavy (non-hydrogen) atoms. The normalized spacial score (nSPS) is 13.6. The van der Waals surface area contributed by atoms with Gasteiger partial charge in [0.25, 0.3) is 5.56 Å². The second kappa shape index (κ2) is 8.99. The fourth-order valence-corrected chi connectivity index (χ4v) is 3.99. The second-order valence-corrected chi connectivity index (χ2v) is 8.00. The number of aryl methyl sites for hydroxylation is 1. The third-order valence-corrected chi connectivity index (χ3v) is 5.65. The van der Waals surface area contributed by atoms with Crippen molar-refractivity contribution in [3.63, 3.8) is 0 Å². The van der Waals surface area contributed by atoms with Crippen molar-refractivity contribution in [2.24, 2.45) is 0 Å². The van der Waals surface area contributed by atoms with E-state index < -0.39 is 11.7 Å². The van der Waals surface area contributed by atoms with E-state index in [-0.39, 0.29) is 17.1 Å². The van der Waals surface area contributed by atoms with Gasteiger partial charge in [0, 0.05) is 26.1 Å². The van der Waals surface area contributed by atoms with Crippen LogP contribution in [-0.2, 0) is 30.8 Å². The van der Waals surface area contributed by atoms with Crippen LogP contribution in [0.15, 0.2) is 53.3 Å². The van der Waals surface area contributed by atoms with Gasteiger partial charge in [0.15, 0.2) is 0 Å². The highest BCUT2D eigenvalue weighted by Crippen LogP contribution is 2.22. The lowest BCUT2D eigenvalue weighted by Crippen LogP contribution is -2.39. The zero-order valence-corrected chi connectivity index (χ0v) is 17.8. The van der Waals surface area contributed by atoms with E-state index >= 15 is 0 Å². The number of hydrogen-bond donors (Lipinski definition) is 1. The van der Waals surface area contributed by atoms with Crippen molar-refractivity contribution in [1.29, 1.82) is 0 Å². The predicted octanol–water partition coefficient (Wildman–Crippen LogP) is 3.54. The van der Waals surface area contributed by atoms with Gasteiger partial charge in [-0.2, -0.15) is 0 Å². The molecule has 1 aromatic heterocycles. The van der Waals surface area contributed by atoms with Crippen molar-refractivity contribution >= 4 is 23.2 Å². The lowest BCUT2D eigenvalue weighted by atomic mass is 10.1. The van der Waals surface area contributed by atoms with Crippen LogP contribution in [-0.4, -0.2) is 26.9 Å². The monoisotopic (exact) mass is 440 g/mol. The molecule has 0 saturated carbocycles. The first-order chi connectivity index (χ1) is 14.9. The summed E-state index contributed by atoms with van der Waals surface area (Å²) in [6, 6.07) is 13.8. The molecule has 1 N–H and O–H groups in total. The number of aromatic nitrogens is 2. The number of carbonyl (C=O) groups excluding carboxylic acids is 1. The minimum Gasteiger partial charge on any atom is -0.323 e. The first-order valence-corrected chi connectivity index (χ1v) is 10.4. The van der Waals surface area contributed by atoms with E-state index in [1.54, 1.807) is 6.92 Å². The van der Waals surface area contributed by atoms with Crippen LogP contribution in [0.2, 0.25) is 5.02 Å². The molecular weight excluding hydrogens is 419 g/mol. The van der Waals surface area contributed by atoms with Gasteiger partial charge >= 0.3 is 0 Å². The van der Waals surface area contributed by atoms with Crippen molar-refractivity contribution in [2.75, 3.05) is 11.9 Å². The van der Waals surface area contributed by atoms with Gasteiger partial charge in [-0.05, 0) is 30.7 Å². The van der Waals surface area contributed by atoms with E-state index in [2.05, 4.69) is 27.3 Å². The number of anilines is 1. The van der Waals surface area contributed by atoms with Crippen LogP contribution >= 0.6 is 11.6 Å². The fraction of sp³-hybridized carbons (Fsp3) is 0.261. The van der Waals surface area contributed by atoms with Crippen molar-refractivity contribution in [2.45, 2.75) is 33.0 Å². The van der Waals surface area contributed by atoms with Gasteiger partial charge in [0.1, 0.15) is 18.2 Å². The van der Waals surface area contributed by atoms with E-state index in [1.807, 2.05) is 18.2 Å². The number of halogens is 2. The number of benzene rings is 2. The van der Waals surface area contributed by atoms with Gasteiger partial charge in [0.2, 0.25) is 5.91 Å². The topological polar surface area (TPSA) is 67.2 Å². The molecule has 0 bridgehead atoms. The molecule has 0 aliphatic carbocycles. The first kappa shape index (κ1) is 21.2. The largest absolute Gasteiger partial charge is 0.323 e. The average molecular weight is 441 g/mol. The maximum Gasteiger partial charge on any atom is 0.258 e. The molecule has 1 amide bonds. The zero-order chi connectivity index (χ0) is 22.0. The molecule has 6 nitrogen and oxygen atoms in total. The molecule has 4 rings (SSSR count). The molecule has 2 aromatic carbocycles. The predicted molar refractivity (Wildman–Crippen MR) is 118 cm³/mol. The second-order valence-electron chi connectivity index (χ2n) is 7.59. The van der Waals surface area contributed by atoms with E-state index in [9.17, 15) is 14.0 Å². The third kappa shape index (κ3) is 4.84. The summed E-state index contributed by atoms with van der Waals surface area (Å²) in [4.78, 5) is 32.5. The van der Waals surface area contributed by atoms with E-state index in [0.717, 1.165) is 24.8 Å². The minimum absolute atomic E-state index is 0.0949. The van der Waals surface area contributed by atoms with E-state index in [1.165, 1.54) is 22.3 Å². The first-order valence-electron chi connectivity index (χ1n) is 10.0. The summed E-state index contributed by atoms with van der Waals surface area (Å²) < 4.78 is 14.6. The molecule has 160 valence electrons. The molecule has 3 aromatic rings. The Kier molecular flexibility index (Phi) is 6.15. The van der Waals surface area contributed by atoms with Crippen LogP contribution in [0.25, 0.3) is 0 Å². The van der Waals surface area contributed by atoms with Crippen molar-refractivity contribution < 1.29 is 9.18 Å². The van der Waals surface area contributed by atoms with Crippen LogP contribution < -0.4 is 10.9 Å². The number of amides is 1. The number of fused-ring (bicyclic) bond motifs is 1. The molecule has 0 spiro atoms. The van der Waals surface area contributed by atoms with E-state index in [0.29, 0.717) is 30.0 Å². The van der Waals surface area contributed by atoms with Crippen LogP contribution in [0.1, 0.15) is 22.6 Å².